The molecule has 2 aromatic heterocycles. The molecule has 2 heterocycles. The van der Waals surface area contributed by atoms with Crippen LogP contribution in [0.1, 0.15) is 26.3 Å². The van der Waals surface area contributed by atoms with E-state index in [1.807, 2.05) is 28.8 Å². The first kappa shape index (κ1) is 16.7. The van der Waals surface area contributed by atoms with E-state index in [1.165, 1.54) is 16.9 Å². The molecule has 0 atom stereocenters. The van der Waals surface area contributed by atoms with Gasteiger partial charge in [-0.05, 0) is 23.1 Å². The number of ether oxygens (including phenoxy) is 1. The molecular weight excluding hydrogens is 344 g/mol. The van der Waals surface area contributed by atoms with E-state index in [2.05, 4.69) is 55.2 Å². The molecule has 0 saturated carbocycles. The summed E-state index contributed by atoms with van der Waals surface area (Å²) in [6.07, 6.45) is 0. The lowest BCUT2D eigenvalue weighted by molar-refractivity contribution is 0.415. The van der Waals surface area contributed by atoms with Crippen LogP contribution in [0.3, 0.4) is 0 Å². The molecule has 5 nitrogen and oxygen atoms in total. The molecule has 0 aliphatic rings. The summed E-state index contributed by atoms with van der Waals surface area (Å²) in [5, 5.41) is 14.2. The molecule has 0 N–H and O–H groups in total. The molecule has 0 bridgehead atoms. The molecule has 0 radical (unpaired) electrons. The number of aromatic nitrogens is 4. The second-order valence-electron chi connectivity index (χ2n) is 7.18. The normalized spacial score (nSPS) is 11.8. The Balaban J connectivity index is 1.74. The van der Waals surface area contributed by atoms with Crippen LogP contribution in [0.15, 0.2) is 48.5 Å². The summed E-state index contributed by atoms with van der Waals surface area (Å²) in [5.74, 6) is 1.57. The number of benzene rings is 2. The third-order valence-corrected chi connectivity index (χ3v) is 5.26. The molecule has 0 saturated heterocycles. The van der Waals surface area contributed by atoms with Crippen LogP contribution in [0, 0.1) is 0 Å². The first-order valence-electron chi connectivity index (χ1n) is 8.43. The summed E-state index contributed by atoms with van der Waals surface area (Å²) < 4.78 is 7.12. The number of hydrogen-bond donors (Lipinski definition) is 0. The molecule has 132 valence electrons. The van der Waals surface area contributed by atoms with Crippen LogP contribution >= 0.6 is 11.3 Å². The van der Waals surface area contributed by atoms with Crippen molar-refractivity contribution in [3.8, 4) is 27.7 Å². The van der Waals surface area contributed by atoms with Gasteiger partial charge in [0.05, 0.1) is 7.11 Å². The van der Waals surface area contributed by atoms with Gasteiger partial charge in [0.1, 0.15) is 10.8 Å². The summed E-state index contributed by atoms with van der Waals surface area (Å²) in [6.45, 7) is 6.62. The Hall–Kier alpha value is -2.73. The van der Waals surface area contributed by atoms with E-state index in [0.717, 1.165) is 32.7 Å². The van der Waals surface area contributed by atoms with Gasteiger partial charge in [0.2, 0.25) is 4.96 Å². The van der Waals surface area contributed by atoms with Gasteiger partial charge in [0, 0.05) is 11.1 Å². The SMILES string of the molecule is COc1cccc(-c2nn3c(-c4ccc(C(C)(C)C)cc4)nnc3s2)c1. The largest absolute Gasteiger partial charge is 0.497 e. The molecular formula is C20H20N4OS. The predicted octanol–water partition coefficient (Wildman–Crippen LogP) is 4.83. The third kappa shape index (κ3) is 2.97. The lowest BCUT2D eigenvalue weighted by atomic mass is 9.87. The predicted molar refractivity (Wildman–Crippen MR) is 105 cm³/mol. The zero-order valence-electron chi connectivity index (χ0n) is 15.2. The Morgan fingerprint density at radius 3 is 2.42 bits per heavy atom. The van der Waals surface area contributed by atoms with E-state index in [0.29, 0.717) is 0 Å². The highest BCUT2D eigenvalue weighted by molar-refractivity contribution is 7.19. The average molecular weight is 364 g/mol. The maximum absolute atomic E-state index is 5.31. The highest BCUT2D eigenvalue weighted by atomic mass is 32.1. The Bertz CT molecular complexity index is 1060. The summed E-state index contributed by atoms with van der Waals surface area (Å²) >= 11 is 1.52. The zero-order valence-corrected chi connectivity index (χ0v) is 16.0. The molecule has 26 heavy (non-hydrogen) atoms. The molecule has 0 aliphatic heterocycles. The number of rotatable bonds is 3. The second-order valence-corrected chi connectivity index (χ2v) is 8.14. The second kappa shape index (κ2) is 6.21. The lowest BCUT2D eigenvalue weighted by Crippen LogP contribution is -2.10. The molecule has 4 rings (SSSR count). The van der Waals surface area contributed by atoms with E-state index < -0.39 is 0 Å². The Kier molecular flexibility index (Phi) is 4.00. The van der Waals surface area contributed by atoms with E-state index in [9.17, 15) is 0 Å². The molecule has 0 unspecified atom stereocenters. The smallest absolute Gasteiger partial charge is 0.235 e. The van der Waals surface area contributed by atoms with E-state index in [4.69, 9.17) is 9.84 Å². The van der Waals surface area contributed by atoms with Crippen molar-refractivity contribution in [1.29, 1.82) is 0 Å². The van der Waals surface area contributed by atoms with Crippen molar-refractivity contribution in [2.45, 2.75) is 26.2 Å². The topological polar surface area (TPSA) is 52.3 Å². The van der Waals surface area contributed by atoms with E-state index in [1.54, 1.807) is 7.11 Å². The van der Waals surface area contributed by atoms with Gasteiger partial charge in [-0.2, -0.15) is 9.61 Å². The summed E-state index contributed by atoms with van der Waals surface area (Å²) in [6, 6.07) is 16.3. The Labute approximate surface area is 156 Å². The molecule has 6 heteroatoms. The summed E-state index contributed by atoms with van der Waals surface area (Å²) in [7, 11) is 1.66. The Morgan fingerprint density at radius 1 is 0.962 bits per heavy atom. The van der Waals surface area contributed by atoms with Crippen LogP contribution in [-0.4, -0.2) is 26.9 Å². The average Bonchev–Trinajstić information content (AvgIpc) is 3.22. The van der Waals surface area contributed by atoms with Crippen molar-refractivity contribution >= 4 is 16.3 Å². The number of nitrogens with zero attached hydrogens (tertiary/aromatic N) is 4. The summed E-state index contributed by atoms with van der Waals surface area (Å²) in [4.78, 5) is 0.776. The van der Waals surface area contributed by atoms with Gasteiger partial charge in [-0.15, -0.1) is 10.2 Å². The Morgan fingerprint density at radius 2 is 1.73 bits per heavy atom. The fraction of sp³-hybridized carbons (Fsp3) is 0.250. The lowest BCUT2D eigenvalue weighted by Gasteiger charge is -2.18. The molecule has 4 aromatic rings. The van der Waals surface area contributed by atoms with Gasteiger partial charge in [0.15, 0.2) is 5.82 Å². The highest BCUT2D eigenvalue weighted by Gasteiger charge is 2.17. The van der Waals surface area contributed by atoms with Crippen LogP contribution in [0.2, 0.25) is 0 Å². The van der Waals surface area contributed by atoms with Crippen molar-refractivity contribution in [1.82, 2.24) is 19.8 Å². The number of fused-ring (bicyclic) bond motifs is 1. The minimum Gasteiger partial charge on any atom is -0.497 e. The molecule has 0 fully saturated rings. The maximum atomic E-state index is 5.31. The first-order valence-corrected chi connectivity index (χ1v) is 9.25. The van der Waals surface area contributed by atoms with Gasteiger partial charge < -0.3 is 4.74 Å². The maximum Gasteiger partial charge on any atom is 0.235 e. The van der Waals surface area contributed by atoms with Crippen molar-refractivity contribution in [3.05, 3.63) is 54.1 Å². The molecule has 0 amide bonds. The highest BCUT2D eigenvalue weighted by Crippen LogP contribution is 2.30. The van der Waals surface area contributed by atoms with Crippen LogP contribution < -0.4 is 4.74 Å². The van der Waals surface area contributed by atoms with Crippen LogP contribution in [0.5, 0.6) is 5.75 Å². The van der Waals surface area contributed by atoms with Gasteiger partial charge in [-0.3, -0.25) is 0 Å². The van der Waals surface area contributed by atoms with Crippen molar-refractivity contribution in [3.63, 3.8) is 0 Å². The van der Waals surface area contributed by atoms with E-state index in [-0.39, 0.29) is 5.41 Å². The third-order valence-electron chi connectivity index (χ3n) is 4.32. The number of hydrogen-bond acceptors (Lipinski definition) is 5. The van der Waals surface area contributed by atoms with Gasteiger partial charge in [-0.1, -0.05) is 68.5 Å². The summed E-state index contributed by atoms with van der Waals surface area (Å²) in [5.41, 5.74) is 3.43. The molecule has 0 aliphatic carbocycles. The monoisotopic (exact) mass is 364 g/mol. The fourth-order valence-corrected chi connectivity index (χ4v) is 3.62. The molecule has 2 aromatic carbocycles. The standard InChI is InChI=1S/C20H20N4OS/c1-20(2,3)15-10-8-13(9-11-15)17-21-22-19-24(17)23-18(26-19)14-6-5-7-16(12-14)25-4/h5-12H,1-4H3. The molecule has 0 spiro atoms. The zero-order chi connectivity index (χ0) is 18.3. The first-order chi connectivity index (χ1) is 12.5. The van der Waals surface area contributed by atoms with Crippen molar-refractivity contribution in [2.75, 3.05) is 7.11 Å². The fourth-order valence-electron chi connectivity index (χ4n) is 2.79. The van der Waals surface area contributed by atoms with Gasteiger partial charge in [0.25, 0.3) is 0 Å². The van der Waals surface area contributed by atoms with Crippen LogP contribution in [0.4, 0.5) is 0 Å². The minimum absolute atomic E-state index is 0.124. The quantitative estimate of drug-likeness (QED) is 0.523. The van der Waals surface area contributed by atoms with Crippen LogP contribution in [0.25, 0.3) is 26.9 Å². The number of methoxy groups -OCH3 is 1. The van der Waals surface area contributed by atoms with Gasteiger partial charge in [-0.25, -0.2) is 0 Å². The van der Waals surface area contributed by atoms with E-state index >= 15 is 0 Å². The van der Waals surface area contributed by atoms with Crippen molar-refractivity contribution in [2.24, 2.45) is 0 Å². The minimum atomic E-state index is 0.124. The van der Waals surface area contributed by atoms with Crippen molar-refractivity contribution < 1.29 is 4.74 Å². The van der Waals surface area contributed by atoms with Gasteiger partial charge >= 0.3 is 0 Å². The van der Waals surface area contributed by atoms with Crippen LogP contribution in [-0.2, 0) is 5.41 Å².